The number of ketones is 1. The highest BCUT2D eigenvalue weighted by molar-refractivity contribution is 6.51. The summed E-state index contributed by atoms with van der Waals surface area (Å²) in [6, 6.07) is 18.5. The van der Waals surface area contributed by atoms with Gasteiger partial charge in [-0.25, -0.2) is 0 Å². The molecule has 0 aromatic heterocycles. The number of Topliss-reactive ketones (excluding diaryl/α,β-unsaturated/α-hetero) is 1. The number of phenols is 1. The lowest BCUT2D eigenvalue weighted by atomic mass is 9.95. The van der Waals surface area contributed by atoms with E-state index in [1.165, 1.54) is 17.0 Å². The molecule has 33 heavy (non-hydrogen) atoms. The van der Waals surface area contributed by atoms with Gasteiger partial charge in [-0.2, -0.15) is 0 Å². The number of phenolic OH excluding ortho intramolecular Hbond substituents is 1. The Kier molecular flexibility index (Phi) is 6.38. The third-order valence-corrected chi connectivity index (χ3v) is 5.55. The zero-order valence-corrected chi connectivity index (χ0v) is 18.6. The Morgan fingerprint density at radius 2 is 1.76 bits per heavy atom. The number of carbonyl (C=O) groups is 2. The van der Waals surface area contributed by atoms with Crippen LogP contribution in [0.2, 0.25) is 5.02 Å². The van der Waals surface area contributed by atoms with Crippen molar-refractivity contribution in [1.82, 2.24) is 0 Å². The number of aromatic hydroxyl groups is 1. The third kappa shape index (κ3) is 4.43. The van der Waals surface area contributed by atoms with Crippen molar-refractivity contribution >= 4 is 34.7 Å². The number of hydrogen-bond acceptors (Lipinski definition) is 5. The van der Waals surface area contributed by atoms with E-state index < -0.39 is 17.7 Å². The molecule has 1 saturated heterocycles. The molecule has 0 spiro atoms. The Morgan fingerprint density at radius 1 is 1.03 bits per heavy atom. The van der Waals surface area contributed by atoms with Crippen LogP contribution in [-0.4, -0.2) is 28.5 Å². The number of rotatable bonds is 6. The zero-order chi connectivity index (χ0) is 23.5. The minimum Gasteiger partial charge on any atom is -0.508 e. The van der Waals surface area contributed by atoms with Crippen LogP contribution in [0.4, 0.5) is 5.69 Å². The molecule has 1 amide bonds. The van der Waals surface area contributed by atoms with Gasteiger partial charge in [-0.05, 0) is 66.6 Å². The largest absolute Gasteiger partial charge is 0.508 e. The molecule has 1 unspecified atom stereocenters. The number of amides is 1. The molecule has 168 valence electrons. The Labute approximate surface area is 196 Å². The van der Waals surface area contributed by atoms with Gasteiger partial charge in [0.1, 0.15) is 17.3 Å². The van der Waals surface area contributed by atoms with Gasteiger partial charge in [-0.3, -0.25) is 14.5 Å². The molecule has 1 fully saturated rings. The van der Waals surface area contributed by atoms with E-state index in [-0.39, 0.29) is 17.1 Å². The van der Waals surface area contributed by atoms with Gasteiger partial charge in [0.2, 0.25) is 0 Å². The van der Waals surface area contributed by atoms with Gasteiger partial charge in [0.05, 0.1) is 18.2 Å². The van der Waals surface area contributed by atoms with Gasteiger partial charge in [0, 0.05) is 16.3 Å². The average molecular weight is 464 g/mol. The van der Waals surface area contributed by atoms with Crippen LogP contribution in [0.25, 0.3) is 5.76 Å². The number of carbonyl (C=O) groups excluding carboxylic acids is 2. The van der Waals surface area contributed by atoms with Crippen LogP contribution in [-0.2, 0) is 9.59 Å². The molecule has 0 aliphatic carbocycles. The second-order valence-corrected chi connectivity index (χ2v) is 8.05. The highest BCUT2D eigenvalue weighted by atomic mass is 35.5. The third-order valence-electron chi connectivity index (χ3n) is 5.32. The number of anilines is 1. The van der Waals surface area contributed by atoms with Crippen molar-refractivity contribution in [2.75, 3.05) is 11.5 Å². The summed E-state index contributed by atoms with van der Waals surface area (Å²) in [6.45, 7) is 2.56. The number of hydrogen-bond donors (Lipinski definition) is 2. The quantitative estimate of drug-likeness (QED) is 0.288. The van der Waals surface area contributed by atoms with E-state index in [0.717, 1.165) is 6.42 Å². The maximum atomic E-state index is 13.1. The van der Waals surface area contributed by atoms with Crippen molar-refractivity contribution in [1.29, 1.82) is 0 Å². The Hall–Kier alpha value is -3.77. The van der Waals surface area contributed by atoms with E-state index >= 15 is 0 Å². The summed E-state index contributed by atoms with van der Waals surface area (Å²) < 4.78 is 5.58. The molecule has 1 atom stereocenters. The first-order chi connectivity index (χ1) is 15.9. The van der Waals surface area contributed by atoms with Crippen molar-refractivity contribution in [3.63, 3.8) is 0 Å². The number of benzene rings is 3. The molecule has 1 heterocycles. The number of aliphatic hydroxyl groups is 1. The van der Waals surface area contributed by atoms with Crippen LogP contribution < -0.4 is 9.64 Å². The molecule has 2 N–H and O–H groups in total. The molecule has 3 aromatic rings. The van der Waals surface area contributed by atoms with E-state index in [0.29, 0.717) is 34.2 Å². The van der Waals surface area contributed by atoms with Crippen molar-refractivity contribution < 1.29 is 24.5 Å². The van der Waals surface area contributed by atoms with Crippen LogP contribution in [0.3, 0.4) is 0 Å². The van der Waals surface area contributed by atoms with Crippen LogP contribution in [0.15, 0.2) is 78.4 Å². The summed E-state index contributed by atoms with van der Waals surface area (Å²) in [5.74, 6) is -1.32. The Balaban J connectivity index is 1.86. The van der Waals surface area contributed by atoms with Crippen molar-refractivity contribution in [2.45, 2.75) is 19.4 Å². The molecule has 3 aromatic carbocycles. The molecule has 0 saturated carbocycles. The molecule has 7 heteroatoms. The first kappa shape index (κ1) is 22.4. The lowest BCUT2D eigenvalue weighted by molar-refractivity contribution is -0.132. The van der Waals surface area contributed by atoms with Crippen molar-refractivity contribution in [3.8, 4) is 11.5 Å². The first-order valence-electron chi connectivity index (χ1n) is 10.5. The van der Waals surface area contributed by atoms with Crippen molar-refractivity contribution in [3.05, 3.63) is 94.5 Å². The van der Waals surface area contributed by atoms with Gasteiger partial charge in [0.15, 0.2) is 0 Å². The molecule has 4 rings (SSSR count). The maximum Gasteiger partial charge on any atom is 0.300 e. The SMILES string of the molecule is CCCOc1ccc(/C(O)=C2\C(=O)C(=O)N(c3cccc(Cl)c3)C2c2cccc(O)c2)cc1. The summed E-state index contributed by atoms with van der Waals surface area (Å²) in [6.07, 6.45) is 0.860. The Morgan fingerprint density at radius 3 is 2.42 bits per heavy atom. The summed E-state index contributed by atoms with van der Waals surface area (Å²) in [4.78, 5) is 27.5. The Bertz CT molecular complexity index is 1240. The second-order valence-electron chi connectivity index (χ2n) is 7.62. The number of aliphatic hydroxyl groups excluding tert-OH is 1. The summed E-state index contributed by atoms with van der Waals surface area (Å²) >= 11 is 6.14. The fraction of sp³-hybridized carbons (Fsp3) is 0.154. The fourth-order valence-electron chi connectivity index (χ4n) is 3.82. The van der Waals surface area contributed by atoms with E-state index in [1.54, 1.807) is 60.7 Å². The van der Waals surface area contributed by atoms with Gasteiger partial charge in [-0.1, -0.05) is 36.7 Å². The highest BCUT2D eigenvalue weighted by Gasteiger charge is 2.47. The number of halogens is 1. The zero-order valence-electron chi connectivity index (χ0n) is 17.9. The highest BCUT2D eigenvalue weighted by Crippen LogP contribution is 2.43. The number of ether oxygens (including phenoxy) is 1. The van der Waals surface area contributed by atoms with Crippen LogP contribution in [0.1, 0.15) is 30.5 Å². The van der Waals surface area contributed by atoms with Crippen molar-refractivity contribution in [2.24, 2.45) is 0 Å². The lowest BCUT2D eigenvalue weighted by Gasteiger charge is -2.25. The monoisotopic (exact) mass is 463 g/mol. The predicted octanol–water partition coefficient (Wildman–Crippen LogP) is 5.46. The van der Waals surface area contributed by atoms with Gasteiger partial charge >= 0.3 is 0 Å². The topological polar surface area (TPSA) is 87.1 Å². The fourth-order valence-corrected chi connectivity index (χ4v) is 4.00. The lowest BCUT2D eigenvalue weighted by Crippen LogP contribution is -2.29. The molecule has 1 aliphatic heterocycles. The van der Waals surface area contributed by atoms with Gasteiger partial charge in [0.25, 0.3) is 11.7 Å². The van der Waals surface area contributed by atoms with Crippen LogP contribution in [0, 0.1) is 0 Å². The minimum absolute atomic E-state index is 0.0263. The van der Waals surface area contributed by atoms with Gasteiger partial charge < -0.3 is 14.9 Å². The normalized spacial score (nSPS) is 17.4. The second kappa shape index (κ2) is 9.38. The first-order valence-corrected chi connectivity index (χ1v) is 10.9. The summed E-state index contributed by atoms with van der Waals surface area (Å²) in [7, 11) is 0. The average Bonchev–Trinajstić information content (AvgIpc) is 3.08. The minimum atomic E-state index is -0.952. The summed E-state index contributed by atoms with van der Waals surface area (Å²) in [5.41, 5.74) is 1.17. The van der Waals surface area contributed by atoms with Crippen LogP contribution >= 0.6 is 11.6 Å². The maximum absolute atomic E-state index is 13.1. The van der Waals surface area contributed by atoms with E-state index in [1.807, 2.05) is 6.92 Å². The molecule has 0 bridgehead atoms. The molecule has 6 nitrogen and oxygen atoms in total. The van der Waals surface area contributed by atoms with E-state index in [4.69, 9.17) is 16.3 Å². The molecule has 0 radical (unpaired) electrons. The van der Waals surface area contributed by atoms with E-state index in [2.05, 4.69) is 0 Å². The molecular weight excluding hydrogens is 442 g/mol. The predicted molar refractivity (Wildman–Crippen MR) is 127 cm³/mol. The standard InChI is InChI=1S/C26H22ClNO5/c1-2-13-33-21-11-9-16(10-12-21)24(30)22-23(17-5-3-8-20(29)14-17)28(26(32)25(22)31)19-7-4-6-18(27)15-19/h3-12,14-15,23,29-30H,2,13H2,1H3/b24-22+. The smallest absolute Gasteiger partial charge is 0.300 e. The molecule has 1 aliphatic rings. The van der Waals surface area contributed by atoms with Crippen LogP contribution in [0.5, 0.6) is 11.5 Å². The molecular formula is C26H22ClNO5. The summed E-state index contributed by atoms with van der Waals surface area (Å²) in [5, 5.41) is 21.6. The van der Waals surface area contributed by atoms with Gasteiger partial charge in [-0.15, -0.1) is 0 Å². The number of nitrogens with zero attached hydrogens (tertiary/aromatic N) is 1. The van der Waals surface area contributed by atoms with E-state index in [9.17, 15) is 19.8 Å².